The number of hydrogen-bond donors (Lipinski definition) is 0. The molecule has 11 nitrogen and oxygen atoms in total. The highest BCUT2D eigenvalue weighted by Crippen LogP contribution is 2.36. The van der Waals surface area contributed by atoms with Crippen LogP contribution in [0.3, 0.4) is 0 Å². The standard InChI is InChI=1S/C30H31BrN2O9S/c1-6-39-21-10-9-17(11-23(21)40-7-2)27-19(29(36)38-5)15-32-30-33(27)28(35)25(43-30)13-18-12-22(37-4)24(14-20(18)31)42-16-26(34)41-8-3/h9-15,27H,6-8,16H2,1-5H3/b25-13-/t27-/m0/s1. The Morgan fingerprint density at radius 1 is 0.977 bits per heavy atom. The van der Waals surface area contributed by atoms with E-state index < -0.39 is 18.0 Å². The van der Waals surface area contributed by atoms with E-state index in [0.29, 0.717) is 61.1 Å². The maximum Gasteiger partial charge on any atom is 0.344 e. The second-order valence-corrected chi connectivity index (χ2v) is 10.7. The van der Waals surface area contributed by atoms with E-state index in [1.54, 1.807) is 43.3 Å². The van der Waals surface area contributed by atoms with Crippen molar-refractivity contribution in [2.45, 2.75) is 26.8 Å². The number of methoxy groups -OCH3 is 2. The van der Waals surface area contributed by atoms with E-state index in [0.717, 1.165) is 0 Å². The van der Waals surface area contributed by atoms with Crippen molar-refractivity contribution in [1.82, 2.24) is 4.57 Å². The third-order valence-electron chi connectivity index (χ3n) is 6.23. The lowest BCUT2D eigenvalue weighted by molar-refractivity contribution is -0.145. The summed E-state index contributed by atoms with van der Waals surface area (Å²) in [5.41, 5.74) is 1.08. The zero-order valence-electron chi connectivity index (χ0n) is 24.3. The van der Waals surface area contributed by atoms with Gasteiger partial charge < -0.3 is 28.4 Å². The van der Waals surface area contributed by atoms with E-state index in [9.17, 15) is 14.4 Å². The molecule has 2 aromatic carbocycles. The number of carbonyl (C=O) groups is 2. The predicted molar refractivity (Wildman–Crippen MR) is 163 cm³/mol. The maximum atomic E-state index is 13.9. The van der Waals surface area contributed by atoms with Crippen LogP contribution in [0.5, 0.6) is 23.0 Å². The first-order valence-electron chi connectivity index (χ1n) is 13.4. The first-order valence-corrected chi connectivity index (χ1v) is 15.0. The van der Waals surface area contributed by atoms with Crippen molar-refractivity contribution in [1.29, 1.82) is 0 Å². The monoisotopic (exact) mass is 674 g/mol. The summed E-state index contributed by atoms with van der Waals surface area (Å²) in [6.45, 7) is 6.25. The zero-order chi connectivity index (χ0) is 31.1. The smallest absolute Gasteiger partial charge is 0.344 e. The van der Waals surface area contributed by atoms with Gasteiger partial charge in [0, 0.05) is 10.7 Å². The van der Waals surface area contributed by atoms with Crippen LogP contribution in [0.2, 0.25) is 0 Å². The van der Waals surface area contributed by atoms with E-state index in [1.165, 1.54) is 36.3 Å². The van der Waals surface area contributed by atoms with E-state index in [-0.39, 0.29) is 24.3 Å². The number of aromatic nitrogens is 1. The van der Waals surface area contributed by atoms with E-state index in [2.05, 4.69) is 20.9 Å². The van der Waals surface area contributed by atoms with Crippen LogP contribution in [-0.4, -0.2) is 57.2 Å². The topological polar surface area (TPSA) is 124 Å². The molecule has 1 atom stereocenters. The van der Waals surface area contributed by atoms with Gasteiger partial charge in [-0.1, -0.05) is 33.3 Å². The molecule has 1 aromatic heterocycles. The van der Waals surface area contributed by atoms with Crippen molar-refractivity contribution >= 4 is 45.3 Å². The number of fused-ring (bicyclic) bond motifs is 1. The fourth-order valence-corrected chi connectivity index (χ4v) is 5.80. The molecule has 0 unspecified atom stereocenters. The van der Waals surface area contributed by atoms with Gasteiger partial charge in [-0.05, 0) is 62.2 Å². The number of thiazole rings is 1. The average Bonchev–Trinajstić information content (AvgIpc) is 3.32. The fraction of sp³-hybridized carbons (Fsp3) is 0.333. The highest BCUT2D eigenvalue weighted by atomic mass is 79.9. The van der Waals surface area contributed by atoms with Gasteiger partial charge in [0.05, 0.1) is 50.2 Å². The molecule has 0 radical (unpaired) electrons. The van der Waals surface area contributed by atoms with Gasteiger partial charge in [-0.2, -0.15) is 0 Å². The molecule has 0 spiro atoms. The van der Waals surface area contributed by atoms with Gasteiger partial charge in [-0.3, -0.25) is 9.36 Å². The number of halogens is 1. The normalized spacial score (nSPS) is 14.2. The van der Waals surface area contributed by atoms with Crippen LogP contribution in [0.15, 0.2) is 56.4 Å². The molecule has 4 rings (SSSR count). The molecule has 43 heavy (non-hydrogen) atoms. The lowest BCUT2D eigenvalue weighted by atomic mass is 9.97. The van der Waals surface area contributed by atoms with E-state index in [4.69, 9.17) is 28.4 Å². The van der Waals surface area contributed by atoms with Crippen molar-refractivity contribution in [3.8, 4) is 23.0 Å². The summed E-state index contributed by atoms with van der Waals surface area (Å²) in [7, 11) is 2.75. The van der Waals surface area contributed by atoms with Gasteiger partial charge in [-0.25, -0.2) is 14.6 Å². The number of hydrogen-bond acceptors (Lipinski definition) is 11. The third kappa shape index (κ3) is 6.94. The van der Waals surface area contributed by atoms with Crippen LogP contribution in [0.25, 0.3) is 6.08 Å². The lowest BCUT2D eigenvalue weighted by Gasteiger charge is -2.23. The van der Waals surface area contributed by atoms with Crippen LogP contribution in [0.4, 0.5) is 0 Å². The van der Waals surface area contributed by atoms with Crippen molar-refractivity contribution in [2.75, 3.05) is 40.6 Å². The Labute approximate surface area is 260 Å². The molecule has 0 N–H and O–H groups in total. The minimum absolute atomic E-state index is 0.194. The summed E-state index contributed by atoms with van der Waals surface area (Å²) in [5.74, 6) is 0.608. The number of nitrogens with zero attached hydrogens (tertiary/aromatic N) is 2. The molecule has 0 saturated carbocycles. The Kier molecular flexibility index (Phi) is 10.6. The Morgan fingerprint density at radius 2 is 1.70 bits per heavy atom. The quantitative estimate of drug-likeness (QED) is 0.266. The Morgan fingerprint density at radius 3 is 2.37 bits per heavy atom. The molecule has 0 fully saturated rings. The number of rotatable bonds is 12. The molecule has 0 aliphatic carbocycles. The van der Waals surface area contributed by atoms with Crippen LogP contribution in [-0.2, 0) is 19.1 Å². The Bertz CT molecular complexity index is 1730. The van der Waals surface area contributed by atoms with Gasteiger partial charge in [0.15, 0.2) is 34.4 Å². The summed E-state index contributed by atoms with van der Waals surface area (Å²) >= 11 is 4.69. The van der Waals surface area contributed by atoms with Crippen molar-refractivity contribution in [3.63, 3.8) is 0 Å². The molecule has 13 heteroatoms. The van der Waals surface area contributed by atoms with Crippen molar-refractivity contribution < 1.29 is 38.0 Å². The maximum absolute atomic E-state index is 13.9. The molecule has 1 aliphatic heterocycles. The number of benzene rings is 2. The van der Waals surface area contributed by atoms with Gasteiger partial charge in [0.25, 0.3) is 5.56 Å². The molecule has 3 aromatic rings. The first-order chi connectivity index (χ1) is 20.8. The SMILES string of the molecule is CCOC(=O)COc1cc(Br)c(/C=c2\sc3n(c2=O)[C@@H](c2ccc(OCC)c(OCC)c2)C(C(=O)OC)=CN=3)cc1OC. The fourth-order valence-electron chi connectivity index (χ4n) is 4.40. The second kappa shape index (κ2) is 14.4. The largest absolute Gasteiger partial charge is 0.493 e. The first kappa shape index (κ1) is 31.8. The van der Waals surface area contributed by atoms with E-state index >= 15 is 0 Å². The third-order valence-corrected chi connectivity index (χ3v) is 7.91. The summed E-state index contributed by atoms with van der Waals surface area (Å²) in [5, 5.41) is 0. The molecule has 2 heterocycles. The van der Waals surface area contributed by atoms with Gasteiger partial charge >= 0.3 is 11.9 Å². The zero-order valence-corrected chi connectivity index (χ0v) is 26.7. The number of carbonyl (C=O) groups excluding carboxylic acids is 2. The molecule has 1 aliphatic rings. The molecule has 0 bridgehead atoms. The molecular weight excluding hydrogens is 644 g/mol. The van der Waals surface area contributed by atoms with Crippen LogP contribution in [0.1, 0.15) is 37.9 Å². The summed E-state index contributed by atoms with van der Waals surface area (Å²) < 4.78 is 34.9. The van der Waals surface area contributed by atoms with Crippen LogP contribution < -0.4 is 33.8 Å². The molecule has 0 amide bonds. The average molecular weight is 676 g/mol. The number of esters is 2. The molecule has 228 valence electrons. The summed E-state index contributed by atoms with van der Waals surface area (Å²) in [6.07, 6.45) is 3.12. The molecular formula is C30H31BrN2O9S. The van der Waals surface area contributed by atoms with Crippen LogP contribution in [0, 0.1) is 0 Å². The van der Waals surface area contributed by atoms with Crippen molar-refractivity contribution in [2.24, 2.45) is 4.99 Å². The van der Waals surface area contributed by atoms with Gasteiger partial charge in [0.1, 0.15) is 0 Å². The minimum atomic E-state index is -0.822. The van der Waals surface area contributed by atoms with Gasteiger partial charge in [0.2, 0.25) is 0 Å². The Balaban J connectivity index is 1.82. The Hall–Kier alpha value is -4.10. The van der Waals surface area contributed by atoms with Gasteiger partial charge in [-0.15, -0.1) is 0 Å². The predicted octanol–water partition coefficient (Wildman–Crippen LogP) is 3.53. The minimum Gasteiger partial charge on any atom is -0.493 e. The highest BCUT2D eigenvalue weighted by Gasteiger charge is 2.31. The molecule has 0 saturated heterocycles. The summed E-state index contributed by atoms with van der Waals surface area (Å²) in [4.78, 5) is 43.3. The summed E-state index contributed by atoms with van der Waals surface area (Å²) in [6, 6.07) is 7.80. The van der Waals surface area contributed by atoms with E-state index in [1.807, 2.05) is 13.8 Å². The lowest BCUT2D eigenvalue weighted by Crippen LogP contribution is -2.39. The highest BCUT2D eigenvalue weighted by molar-refractivity contribution is 9.10. The van der Waals surface area contributed by atoms with Crippen molar-refractivity contribution in [3.05, 3.63) is 77.4 Å². The number of ether oxygens (including phenoxy) is 6. The second-order valence-electron chi connectivity index (χ2n) is 8.87. The van der Waals surface area contributed by atoms with Crippen LogP contribution >= 0.6 is 27.3 Å².